The summed E-state index contributed by atoms with van der Waals surface area (Å²) < 4.78 is 41.8. The van der Waals surface area contributed by atoms with Crippen LogP contribution in [-0.4, -0.2) is 54.4 Å². The van der Waals surface area contributed by atoms with E-state index < -0.39 is 38.4 Å². The smallest absolute Gasteiger partial charge is 0.388 e. The van der Waals surface area contributed by atoms with Gasteiger partial charge in [0.1, 0.15) is 6.10 Å². The number of imidazole rings is 1. The van der Waals surface area contributed by atoms with E-state index in [9.17, 15) is 19.0 Å². The lowest BCUT2D eigenvalue weighted by atomic mass is 10.2. The highest BCUT2D eigenvalue weighted by atomic mass is 31.2. The highest BCUT2D eigenvalue weighted by molar-refractivity contribution is 7.47. The number of fused-ring (bicyclic) bond motifs is 1. The van der Waals surface area contributed by atoms with Crippen molar-refractivity contribution >= 4 is 24.8 Å². The lowest BCUT2D eigenvalue weighted by molar-refractivity contribution is -0.0496. The van der Waals surface area contributed by atoms with Crippen molar-refractivity contribution < 1.29 is 32.7 Å². The number of aliphatic hydroxyl groups is 1. The van der Waals surface area contributed by atoms with Gasteiger partial charge in [-0.05, 0) is 13.8 Å². The summed E-state index contributed by atoms with van der Waals surface area (Å²) in [6.07, 6.45) is -2.73. The number of phosphoric acid groups is 1. The highest BCUT2D eigenvalue weighted by Crippen LogP contribution is 2.45. The first-order valence-electron chi connectivity index (χ1n) is 7.81. The van der Waals surface area contributed by atoms with E-state index in [0.717, 1.165) is 0 Å². The molecule has 0 amide bonds. The van der Waals surface area contributed by atoms with Crippen LogP contribution in [-0.2, 0) is 18.3 Å². The largest absolute Gasteiger partial charge is 0.472 e. The summed E-state index contributed by atoms with van der Waals surface area (Å²) in [7, 11) is -4.22. The minimum atomic E-state index is -4.22. The predicted octanol–water partition coefficient (Wildman–Crippen LogP) is 0.738. The van der Waals surface area contributed by atoms with E-state index >= 15 is 0 Å². The average molecular weight is 391 g/mol. The molecule has 3 rings (SSSR count). The Morgan fingerprint density at radius 2 is 2.27 bits per heavy atom. The maximum atomic E-state index is 13.4. The van der Waals surface area contributed by atoms with E-state index in [1.807, 2.05) is 0 Å². The summed E-state index contributed by atoms with van der Waals surface area (Å²) in [5.41, 5.74) is 5.84. The number of rotatable bonds is 6. The third kappa shape index (κ3) is 4.00. The van der Waals surface area contributed by atoms with E-state index in [1.54, 1.807) is 13.8 Å². The van der Waals surface area contributed by atoms with Crippen molar-refractivity contribution in [2.24, 2.45) is 0 Å². The summed E-state index contributed by atoms with van der Waals surface area (Å²) in [5.74, 6) is -0.134. The maximum Gasteiger partial charge on any atom is 0.472 e. The Labute approximate surface area is 147 Å². The SMILES string of the molecule is CC(C)OP(=O)(O)OCC1CC(O)C(n2cnc3c(N)nc(F)nc32)O1. The normalized spacial score (nSPS) is 25.8. The number of aliphatic hydroxyl groups excluding tert-OH is 1. The number of nitrogens with zero attached hydrogens (tertiary/aromatic N) is 4. The second-order valence-corrected chi connectivity index (χ2v) is 7.48. The van der Waals surface area contributed by atoms with E-state index in [1.165, 1.54) is 10.9 Å². The van der Waals surface area contributed by atoms with Gasteiger partial charge < -0.3 is 20.5 Å². The van der Waals surface area contributed by atoms with Crippen molar-refractivity contribution in [1.82, 2.24) is 19.5 Å². The van der Waals surface area contributed by atoms with Crippen LogP contribution in [0, 0.1) is 6.08 Å². The molecule has 0 radical (unpaired) electrons. The average Bonchev–Trinajstić information content (AvgIpc) is 3.07. The van der Waals surface area contributed by atoms with Crippen molar-refractivity contribution in [1.29, 1.82) is 0 Å². The van der Waals surface area contributed by atoms with Gasteiger partial charge in [0, 0.05) is 6.42 Å². The van der Waals surface area contributed by atoms with Crippen LogP contribution in [0.4, 0.5) is 10.2 Å². The first-order valence-corrected chi connectivity index (χ1v) is 9.30. The van der Waals surface area contributed by atoms with Crippen LogP contribution in [0.3, 0.4) is 0 Å². The van der Waals surface area contributed by atoms with E-state index in [0.29, 0.717) is 0 Å². The van der Waals surface area contributed by atoms with Crippen molar-refractivity contribution in [3.05, 3.63) is 12.4 Å². The van der Waals surface area contributed by atoms with Crippen molar-refractivity contribution in [2.45, 2.75) is 44.8 Å². The van der Waals surface area contributed by atoms with Gasteiger partial charge >= 0.3 is 13.9 Å². The predicted molar refractivity (Wildman–Crippen MR) is 86.2 cm³/mol. The van der Waals surface area contributed by atoms with Crippen LogP contribution >= 0.6 is 7.82 Å². The zero-order valence-electron chi connectivity index (χ0n) is 14.0. The van der Waals surface area contributed by atoms with Crippen LogP contribution in [0.5, 0.6) is 0 Å². The summed E-state index contributed by atoms with van der Waals surface area (Å²) in [6.45, 7) is 2.91. The standard InChI is InChI=1S/C13H19FN5O6P/c1-6(2)25-26(21,22)23-4-7-3-8(20)12(24-7)19-5-16-9-10(15)17-13(14)18-11(9)19/h5-8,12,20H,3-4H2,1-2H3,(H,21,22)(H2,15,17,18). The molecule has 4 unspecified atom stereocenters. The van der Waals surface area contributed by atoms with Crippen LogP contribution in [0.25, 0.3) is 11.2 Å². The maximum absolute atomic E-state index is 13.4. The molecule has 3 heterocycles. The number of nitrogens with two attached hydrogens (primary N) is 1. The molecule has 2 aromatic heterocycles. The summed E-state index contributed by atoms with van der Waals surface area (Å²) in [6, 6.07) is 0. The lowest BCUT2D eigenvalue weighted by Crippen LogP contribution is -2.19. The molecule has 1 aliphatic heterocycles. The zero-order chi connectivity index (χ0) is 19.1. The molecule has 1 saturated heterocycles. The molecule has 13 heteroatoms. The molecule has 0 bridgehead atoms. The van der Waals surface area contributed by atoms with E-state index in [2.05, 4.69) is 15.0 Å². The van der Waals surface area contributed by atoms with E-state index in [-0.39, 0.29) is 30.0 Å². The van der Waals surface area contributed by atoms with Gasteiger partial charge in [0.25, 0.3) is 0 Å². The number of aromatic nitrogens is 4. The van der Waals surface area contributed by atoms with E-state index in [4.69, 9.17) is 19.5 Å². The van der Waals surface area contributed by atoms with Gasteiger partial charge in [0.05, 0.1) is 25.1 Å². The molecule has 1 fully saturated rings. The Balaban J connectivity index is 1.73. The number of hydrogen-bond acceptors (Lipinski definition) is 9. The van der Waals surface area contributed by atoms with Gasteiger partial charge in [-0.2, -0.15) is 14.4 Å². The van der Waals surface area contributed by atoms with Gasteiger partial charge in [0.15, 0.2) is 23.2 Å². The Bertz CT molecular complexity index is 848. The van der Waals surface area contributed by atoms with Crippen LogP contribution in [0.2, 0.25) is 0 Å². The molecule has 1 aliphatic rings. The molecule has 4 atom stereocenters. The molecular weight excluding hydrogens is 372 g/mol. The molecule has 144 valence electrons. The minimum Gasteiger partial charge on any atom is -0.388 e. The second kappa shape index (κ2) is 7.14. The first kappa shape index (κ1) is 19.1. The summed E-state index contributed by atoms with van der Waals surface area (Å²) in [4.78, 5) is 20.6. The van der Waals surface area contributed by atoms with Gasteiger partial charge in [0.2, 0.25) is 0 Å². The number of anilines is 1. The highest BCUT2D eigenvalue weighted by Gasteiger charge is 2.38. The molecule has 11 nitrogen and oxygen atoms in total. The lowest BCUT2D eigenvalue weighted by Gasteiger charge is -2.18. The number of nitrogen functional groups attached to an aromatic ring is 1. The molecule has 0 spiro atoms. The second-order valence-electron chi connectivity index (χ2n) is 6.07. The Hall–Kier alpha value is -1.69. The molecule has 0 aromatic carbocycles. The quantitative estimate of drug-likeness (QED) is 0.474. The third-order valence-electron chi connectivity index (χ3n) is 3.63. The van der Waals surface area contributed by atoms with Gasteiger partial charge in [-0.25, -0.2) is 9.55 Å². The summed E-state index contributed by atoms with van der Waals surface area (Å²) >= 11 is 0. The zero-order valence-corrected chi connectivity index (χ0v) is 14.9. The number of hydrogen-bond donors (Lipinski definition) is 3. The molecular formula is C13H19FN5O6P. The van der Waals surface area contributed by atoms with Crippen molar-refractivity contribution in [2.75, 3.05) is 12.3 Å². The van der Waals surface area contributed by atoms with Gasteiger partial charge in [-0.1, -0.05) is 0 Å². The number of halogens is 1. The van der Waals surface area contributed by atoms with Crippen LogP contribution in [0.15, 0.2) is 6.33 Å². The van der Waals surface area contributed by atoms with Gasteiger partial charge in [-0.3, -0.25) is 13.6 Å². The fourth-order valence-electron chi connectivity index (χ4n) is 2.66. The topological polar surface area (TPSA) is 155 Å². The molecule has 0 saturated carbocycles. The Morgan fingerprint density at radius 3 is 2.96 bits per heavy atom. The fraction of sp³-hybridized carbons (Fsp3) is 0.615. The van der Waals surface area contributed by atoms with Crippen LogP contribution in [0.1, 0.15) is 26.5 Å². The van der Waals surface area contributed by atoms with Gasteiger partial charge in [-0.15, -0.1) is 0 Å². The molecule has 2 aromatic rings. The van der Waals surface area contributed by atoms with Crippen molar-refractivity contribution in [3.63, 3.8) is 0 Å². The van der Waals surface area contributed by atoms with Crippen molar-refractivity contribution in [3.8, 4) is 0 Å². The molecule has 4 N–H and O–H groups in total. The number of ether oxygens (including phenoxy) is 1. The molecule has 0 aliphatic carbocycles. The minimum absolute atomic E-state index is 0.0663. The van der Waals surface area contributed by atoms with Crippen LogP contribution < -0.4 is 5.73 Å². The summed E-state index contributed by atoms with van der Waals surface area (Å²) in [5, 5.41) is 10.2. The fourth-order valence-corrected chi connectivity index (χ4v) is 3.61. The number of phosphoric ester groups is 1. The first-order chi connectivity index (χ1) is 12.2. The Morgan fingerprint density at radius 1 is 1.54 bits per heavy atom. The monoisotopic (exact) mass is 391 g/mol. The Kier molecular flexibility index (Phi) is 5.24. The molecule has 26 heavy (non-hydrogen) atoms. The third-order valence-corrected chi connectivity index (χ3v) is 4.79.